The van der Waals surface area contributed by atoms with Gasteiger partial charge in [0.15, 0.2) is 5.67 Å². The van der Waals surface area contributed by atoms with E-state index in [1.807, 2.05) is 0 Å². The summed E-state index contributed by atoms with van der Waals surface area (Å²) in [5.41, 5.74) is -2.42. The summed E-state index contributed by atoms with van der Waals surface area (Å²) in [4.78, 5) is 25.1. The Balaban J connectivity index is 2.10. The van der Waals surface area contributed by atoms with Crippen molar-refractivity contribution in [3.63, 3.8) is 0 Å². The standard InChI is InChI=1S/C13H21FN2O3/c1-8-6-16(11(18)19-12(2,3)4)7-9-5-15-10(17)13(8,9)14/h8-9H,5-7H2,1-4H3,(H,15,17)/t8?,9-,13-/m0/s1. The Morgan fingerprint density at radius 3 is 2.68 bits per heavy atom. The summed E-state index contributed by atoms with van der Waals surface area (Å²) in [6.45, 7) is 7.73. The maximum atomic E-state index is 14.7. The first-order valence-electron chi connectivity index (χ1n) is 6.59. The number of alkyl halides is 1. The molecule has 0 saturated carbocycles. The summed E-state index contributed by atoms with van der Waals surface area (Å²) in [6.07, 6.45) is -0.444. The lowest BCUT2D eigenvalue weighted by Gasteiger charge is -2.41. The summed E-state index contributed by atoms with van der Waals surface area (Å²) in [5, 5.41) is 2.55. The molecule has 19 heavy (non-hydrogen) atoms. The maximum Gasteiger partial charge on any atom is 0.410 e. The van der Waals surface area contributed by atoms with Gasteiger partial charge in [0.1, 0.15) is 5.60 Å². The van der Waals surface area contributed by atoms with Crippen molar-refractivity contribution in [2.45, 2.75) is 39.0 Å². The van der Waals surface area contributed by atoms with E-state index in [1.165, 1.54) is 4.90 Å². The summed E-state index contributed by atoms with van der Waals surface area (Å²) in [5.74, 6) is -1.56. The highest BCUT2D eigenvalue weighted by atomic mass is 19.1. The summed E-state index contributed by atoms with van der Waals surface area (Å²) < 4.78 is 20.0. The molecule has 0 aromatic heterocycles. The third kappa shape index (κ3) is 2.40. The Labute approximate surface area is 112 Å². The van der Waals surface area contributed by atoms with Gasteiger partial charge in [-0.15, -0.1) is 0 Å². The lowest BCUT2D eigenvalue weighted by Crippen LogP contribution is -2.58. The average molecular weight is 272 g/mol. The minimum absolute atomic E-state index is 0.204. The van der Waals surface area contributed by atoms with E-state index < -0.39 is 35.1 Å². The van der Waals surface area contributed by atoms with E-state index in [-0.39, 0.29) is 19.6 Å². The van der Waals surface area contributed by atoms with E-state index in [0.29, 0.717) is 0 Å². The van der Waals surface area contributed by atoms with Crippen LogP contribution in [0, 0.1) is 11.8 Å². The predicted molar refractivity (Wildman–Crippen MR) is 67.3 cm³/mol. The Kier molecular flexibility index (Phi) is 3.23. The van der Waals surface area contributed by atoms with Crippen molar-refractivity contribution in [1.29, 1.82) is 0 Å². The van der Waals surface area contributed by atoms with Crippen molar-refractivity contribution in [3.8, 4) is 0 Å². The molecule has 0 bridgehead atoms. The van der Waals surface area contributed by atoms with Crippen LogP contribution >= 0.6 is 0 Å². The molecule has 1 unspecified atom stereocenters. The van der Waals surface area contributed by atoms with Gasteiger partial charge in [0, 0.05) is 31.5 Å². The van der Waals surface area contributed by atoms with Crippen molar-refractivity contribution in [2.24, 2.45) is 11.8 Å². The van der Waals surface area contributed by atoms with Gasteiger partial charge in [-0.25, -0.2) is 9.18 Å². The highest BCUT2D eigenvalue weighted by Gasteiger charge is 2.58. The fourth-order valence-corrected chi connectivity index (χ4v) is 2.79. The number of ether oxygens (including phenoxy) is 1. The van der Waals surface area contributed by atoms with Crippen LogP contribution in [0.3, 0.4) is 0 Å². The van der Waals surface area contributed by atoms with Gasteiger partial charge in [0.05, 0.1) is 0 Å². The molecule has 0 aliphatic carbocycles. The van der Waals surface area contributed by atoms with Crippen LogP contribution < -0.4 is 5.32 Å². The molecule has 3 atom stereocenters. The number of piperidine rings is 1. The minimum Gasteiger partial charge on any atom is -0.444 e. The van der Waals surface area contributed by atoms with E-state index in [9.17, 15) is 14.0 Å². The zero-order valence-corrected chi connectivity index (χ0v) is 11.8. The van der Waals surface area contributed by atoms with Gasteiger partial charge in [-0.05, 0) is 20.8 Å². The van der Waals surface area contributed by atoms with Gasteiger partial charge in [-0.3, -0.25) is 4.79 Å². The van der Waals surface area contributed by atoms with Crippen LogP contribution in [0.5, 0.6) is 0 Å². The number of halogens is 1. The predicted octanol–water partition coefficient (Wildman–Crippen LogP) is 1.33. The minimum atomic E-state index is -1.85. The zero-order valence-electron chi connectivity index (χ0n) is 11.8. The number of carbonyl (C=O) groups excluding carboxylic acids is 2. The summed E-state index contributed by atoms with van der Waals surface area (Å²) in [6, 6.07) is 0. The SMILES string of the molecule is CC1CN(C(=O)OC(C)(C)C)C[C@@H]2CNC(=O)[C@]12F. The second-order valence-electron chi connectivity index (χ2n) is 6.46. The largest absolute Gasteiger partial charge is 0.444 e. The van der Waals surface area contributed by atoms with Crippen LogP contribution in [0.15, 0.2) is 0 Å². The van der Waals surface area contributed by atoms with Crippen molar-refractivity contribution in [3.05, 3.63) is 0 Å². The fraction of sp³-hybridized carbons (Fsp3) is 0.846. The quantitative estimate of drug-likeness (QED) is 0.723. The van der Waals surface area contributed by atoms with Crippen LogP contribution in [0.4, 0.5) is 9.18 Å². The monoisotopic (exact) mass is 272 g/mol. The lowest BCUT2D eigenvalue weighted by molar-refractivity contribution is -0.138. The van der Waals surface area contributed by atoms with Gasteiger partial charge >= 0.3 is 6.09 Å². The fourth-order valence-electron chi connectivity index (χ4n) is 2.79. The molecule has 0 radical (unpaired) electrons. The molecule has 2 rings (SSSR count). The van der Waals surface area contributed by atoms with Crippen LogP contribution in [0.1, 0.15) is 27.7 Å². The van der Waals surface area contributed by atoms with Crippen LogP contribution in [-0.2, 0) is 9.53 Å². The molecule has 2 aliphatic heterocycles. The van der Waals surface area contributed by atoms with Gasteiger partial charge < -0.3 is 15.0 Å². The van der Waals surface area contributed by atoms with Crippen LogP contribution in [0.25, 0.3) is 0 Å². The number of rotatable bonds is 0. The molecule has 2 heterocycles. The average Bonchev–Trinajstić information content (AvgIpc) is 2.55. The van der Waals surface area contributed by atoms with Gasteiger partial charge in [-0.1, -0.05) is 6.92 Å². The molecule has 6 heteroatoms. The highest BCUT2D eigenvalue weighted by Crippen LogP contribution is 2.39. The van der Waals surface area contributed by atoms with Gasteiger partial charge in [0.25, 0.3) is 5.91 Å². The molecule has 0 aromatic carbocycles. The number of hydrogen-bond acceptors (Lipinski definition) is 3. The van der Waals surface area contributed by atoms with E-state index in [0.717, 1.165) is 0 Å². The zero-order chi connectivity index (χ0) is 14.4. The number of nitrogens with zero attached hydrogens (tertiary/aromatic N) is 1. The van der Waals surface area contributed by atoms with Crippen molar-refractivity contribution >= 4 is 12.0 Å². The third-order valence-electron chi connectivity index (χ3n) is 3.76. The first kappa shape index (κ1) is 14.1. The topological polar surface area (TPSA) is 58.6 Å². The highest BCUT2D eigenvalue weighted by molar-refractivity contribution is 5.88. The Hall–Kier alpha value is -1.33. The number of amides is 2. The first-order chi connectivity index (χ1) is 8.64. The Bertz CT molecular complexity index is 407. The summed E-state index contributed by atoms with van der Waals surface area (Å²) >= 11 is 0. The van der Waals surface area contributed by atoms with Gasteiger partial charge in [0.2, 0.25) is 0 Å². The number of likely N-dealkylation sites (tertiary alicyclic amines) is 1. The number of hydrogen-bond donors (Lipinski definition) is 1. The van der Waals surface area contributed by atoms with Crippen molar-refractivity contribution in [2.75, 3.05) is 19.6 Å². The van der Waals surface area contributed by atoms with E-state index >= 15 is 0 Å². The van der Waals surface area contributed by atoms with E-state index in [4.69, 9.17) is 4.74 Å². The lowest BCUT2D eigenvalue weighted by atomic mass is 9.77. The molecule has 2 saturated heterocycles. The molecule has 0 spiro atoms. The molecule has 5 nitrogen and oxygen atoms in total. The van der Waals surface area contributed by atoms with E-state index in [2.05, 4.69) is 5.32 Å². The van der Waals surface area contributed by atoms with Crippen LogP contribution in [-0.4, -0.2) is 47.8 Å². The molecule has 2 aliphatic rings. The molecule has 108 valence electrons. The maximum absolute atomic E-state index is 14.7. The Morgan fingerprint density at radius 1 is 1.47 bits per heavy atom. The second-order valence-corrected chi connectivity index (χ2v) is 6.46. The normalized spacial score (nSPS) is 34.8. The number of fused-ring (bicyclic) bond motifs is 1. The molecule has 1 N–H and O–H groups in total. The molecular formula is C13H21FN2O3. The van der Waals surface area contributed by atoms with Crippen molar-refractivity contribution < 1.29 is 18.7 Å². The second kappa shape index (κ2) is 4.35. The first-order valence-corrected chi connectivity index (χ1v) is 6.59. The molecular weight excluding hydrogens is 251 g/mol. The van der Waals surface area contributed by atoms with Crippen molar-refractivity contribution in [1.82, 2.24) is 10.2 Å². The molecule has 0 aromatic rings. The summed E-state index contributed by atoms with van der Waals surface area (Å²) in [7, 11) is 0. The Morgan fingerprint density at radius 2 is 2.11 bits per heavy atom. The molecule has 2 fully saturated rings. The third-order valence-corrected chi connectivity index (χ3v) is 3.76. The smallest absolute Gasteiger partial charge is 0.410 e. The number of nitrogens with one attached hydrogen (secondary N) is 1. The van der Waals surface area contributed by atoms with Gasteiger partial charge in [-0.2, -0.15) is 0 Å². The number of carbonyl (C=O) groups is 2. The van der Waals surface area contributed by atoms with Crippen LogP contribution in [0.2, 0.25) is 0 Å². The molecule has 2 amide bonds. The van der Waals surface area contributed by atoms with E-state index in [1.54, 1.807) is 27.7 Å².